The summed E-state index contributed by atoms with van der Waals surface area (Å²) in [6, 6.07) is 11.8. The van der Waals surface area contributed by atoms with Crippen molar-refractivity contribution in [1.82, 2.24) is 10.6 Å². The molecule has 2 aromatic carbocycles. The molecule has 2 aromatic rings. The molecule has 2 N–H and O–H groups in total. The molecule has 0 bridgehead atoms. The summed E-state index contributed by atoms with van der Waals surface area (Å²) in [5.74, 6) is 2.26. The van der Waals surface area contributed by atoms with Crippen molar-refractivity contribution < 1.29 is 19.0 Å². The van der Waals surface area contributed by atoms with E-state index >= 15 is 0 Å². The molecule has 0 spiro atoms. The molecule has 144 valence electrons. The quantitative estimate of drug-likeness (QED) is 0.710. The normalized spacial score (nSPS) is 13.7. The Bertz CT molecular complexity index is 807. The molecule has 0 fully saturated rings. The maximum absolute atomic E-state index is 11.6. The average molecular weight is 370 g/mol. The van der Waals surface area contributed by atoms with E-state index in [1.807, 2.05) is 36.4 Å². The lowest BCUT2D eigenvalue weighted by atomic mass is 10.1. The fourth-order valence-electron chi connectivity index (χ4n) is 3.08. The minimum atomic E-state index is -0.0123. The van der Waals surface area contributed by atoms with Crippen LogP contribution in [0.2, 0.25) is 0 Å². The second-order valence-electron chi connectivity index (χ2n) is 6.61. The molecule has 6 nitrogen and oxygen atoms in total. The van der Waals surface area contributed by atoms with E-state index in [9.17, 15) is 4.79 Å². The topological polar surface area (TPSA) is 68.8 Å². The van der Waals surface area contributed by atoms with E-state index < -0.39 is 0 Å². The Kier molecular flexibility index (Phi) is 6.19. The molecule has 0 aliphatic carbocycles. The van der Waals surface area contributed by atoms with Crippen LogP contribution < -0.4 is 24.8 Å². The molecule has 1 atom stereocenters. The van der Waals surface area contributed by atoms with Gasteiger partial charge < -0.3 is 24.8 Å². The van der Waals surface area contributed by atoms with E-state index in [-0.39, 0.29) is 11.9 Å². The minimum Gasteiger partial charge on any atom is -0.493 e. The van der Waals surface area contributed by atoms with Gasteiger partial charge in [0.1, 0.15) is 12.4 Å². The highest BCUT2D eigenvalue weighted by Crippen LogP contribution is 2.27. The summed E-state index contributed by atoms with van der Waals surface area (Å²) in [5.41, 5.74) is 2.92. The Morgan fingerprint density at radius 3 is 2.70 bits per heavy atom. The Morgan fingerprint density at radius 1 is 1.11 bits per heavy atom. The first kappa shape index (κ1) is 19.0. The van der Waals surface area contributed by atoms with Crippen LogP contribution in [0.3, 0.4) is 0 Å². The lowest BCUT2D eigenvalue weighted by Crippen LogP contribution is -2.33. The largest absolute Gasteiger partial charge is 0.493 e. The molecular formula is C21H26N2O4. The summed E-state index contributed by atoms with van der Waals surface area (Å²) in [4.78, 5) is 11.6. The van der Waals surface area contributed by atoms with Crippen LogP contribution in [0.5, 0.6) is 17.2 Å². The Morgan fingerprint density at radius 2 is 1.93 bits per heavy atom. The zero-order valence-electron chi connectivity index (χ0n) is 16.0. The second-order valence-corrected chi connectivity index (χ2v) is 6.61. The number of ether oxygens (including phenoxy) is 3. The number of rotatable bonds is 9. The van der Waals surface area contributed by atoms with Crippen molar-refractivity contribution in [1.29, 1.82) is 0 Å². The van der Waals surface area contributed by atoms with E-state index in [0.717, 1.165) is 41.3 Å². The van der Waals surface area contributed by atoms with E-state index in [1.54, 1.807) is 14.2 Å². The lowest BCUT2D eigenvalue weighted by molar-refractivity contribution is 0.0965. The van der Waals surface area contributed by atoms with Crippen LogP contribution >= 0.6 is 0 Å². The van der Waals surface area contributed by atoms with Gasteiger partial charge in [-0.1, -0.05) is 6.07 Å². The molecule has 0 saturated heterocycles. The number of hydrogen-bond acceptors (Lipinski definition) is 5. The van der Waals surface area contributed by atoms with Gasteiger partial charge in [0.2, 0.25) is 0 Å². The van der Waals surface area contributed by atoms with Gasteiger partial charge in [-0.3, -0.25) is 4.79 Å². The first-order chi connectivity index (χ1) is 13.1. The van der Waals surface area contributed by atoms with Gasteiger partial charge in [0.15, 0.2) is 11.5 Å². The third-order valence-electron chi connectivity index (χ3n) is 4.62. The van der Waals surface area contributed by atoms with Crippen LogP contribution in [-0.4, -0.2) is 39.3 Å². The summed E-state index contributed by atoms with van der Waals surface area (Å²) in [6.07, 6.45) is 0.886. The highest BCUT2D eigenvalue weighted by molar-refractivity contribution is 5.98. The highest BCUT2D eigenvalue weighted by Gasteiger charge is 2.18. The van der Waals surface area contributed by atoms with Gasteiger partial charge in [0, 0.05) is 18.2 Å². The van der Waals surface area contributed by atoms with Gasteiger partial charge in [0.25, 0.3) is 5.91 Å². The first-order valence-corrected chi connectivity index (χ1v) is 9.09. The summed E-state index contributed by atoms with van der Waals surface area (Å²) in [5, 5.41) is 6.28. The number of carbonyl (C=O) groups excluding carboxylic acids is 1. The fraction of sp³-hybridized carbons (Fsp3) is 0.381. The monoisotopic (exact) mass is 370 g/mol. The van der Waals surface area contributed by atoms with Crippen LogP contribution in [0, 0.1) is 0 Å². The van der Waals surface area contributed by atoms with Crippen molar-refractivity contribution in [2.45, 2.75) is 25.9 Å². The number of nitrogens with one attached hydrogen (secondary N) is 2. The highest BCUT2D eigenvalue weighted by atomic mass is 16.5. The summed E-state index contributed by atoms with van der Waals surface area (Å²) in [6.45, 7) is 4.06. The van der Waals surface area contributed by atoms with Crippen molar-refractivity contribution >= 4 is 5.91 Å². The van der Waals surface area contributed by atoms with Crippen LogP contribution in [0.25, 0.3) is 0 Å². The molecule has 0 radical (unpaired) electrons. The lowest BCUT2D eigenvalue weighted by Gasteiger charge is -2.16. The van der Waals surface area contributed by atoms with Gasteiger partial charge in [-0.15, -0.1) is 0 Å². The Balaban J connectivity index is 1.44. The number of benzene rings is 2. The van der Waals surface area contributed by atoms with Gasteiger partial charge >= 0.3 is 0 Å². The molecule has 6 heteroatoms. The van der Waals surface area contributed by atoms with Gasteiger partial charge in [-0.05, 0) is 61.3 Å². The molecule has 0 aromatic heterocycles. The molecule has 3 rings (SSSR count). The van der Waals surface area contributed by atoms with Crippen molar-refractivity contribution in [3.8, 4) is 17.2 Å². The number of amides is 1. The third kappa shape index (κ3) is 4.71. The maximum atomic E-state index is 11.6. The predicted molar refractivity (Wildman–Crippen MR) is 104 cm³/mol. The molecule has 27 heavy (non-hydrogen) atoms. The molecule has 1 unspecified atom stereocenters. The molecule has 1 amide bonds. The first-order valence-electron chi connectivity index (χ1n) is 9.09. The van der Waals surface area contributed by atoms with E-state index in [4.69, 9.17) is 14.2 Å². The molecule has 1 aliphatic heterocycles. The van der Waals surface area contributed by atoms with E-state index in [1.165, 1.54) is 5.56 Å². The van der Waals surface area contributed by atoms with Crippen LogP contribution in [0.4, 0.5) is 0 Å². The zero-order chi connectivity index (χ0) is 19.2. The molecular weight excluding hydrogens is 344 g/mol. The van der Waals surface area contributed by atoms with Gasteiger partial charge in [0.05, 0.1) is 14.2 Å². The summed E-state index contributed by atoms with van der Waals surface area (Å²) < 4.78 is 16.5. The standard InChI is InChI=1S/C21H26N2O4/c1-14(13-27-17-5-6-18-16(11-17)12-23-21(18)24)22-9-8-15-4-7-19(25-2)20(10-15)26-3/h4-7,10-11,14,22H,8-9,12-13H2,1-3H3,(H,23,24). The number of methoxy groups -OCH3 is 2. The Hall–Kier alpha value is -2.73. The van der Waals surface area contributed by atoms with Gasteiger partial charge in [-0.25, -0.2) is 0 Å². The van der Waals surface area contributed by atoms with Crippen molar-refractivity contribution in [2.24, 2.45) is 0 Å². The summed E-state index contributed by atoms with van der Waals surface area (Å²) >= 11 is 0. The maximum Gasteiger partial charge on any atom is 0.251 e. The summed E-state index contributed by atoms with van der Waals surface area (Å²) in [7, 11) is 3.28. The second kappa shape index (κ2) is 8.77. The average Bonchev–Trinajstić information content (AvgIpc) is 3.06. The third-order valence-corrected chi connectivity index (χ3v) is 4.62. The zero-order valence-corrected chi connectivity index (χ0v) is 16.0. The number of fused-ring (bicyclic) bond motifs is 1. The van der Waals surface area contributed by atoms with Gasteiger partial charge in [-0.2, -0.15) is 0 Å². The predicted octanol–water partition coefficient (Wildman–Crippen LogP) is 2.55. The van der Waals surface area contributed by atoms with E-state index in [0.29, 0.717) is 13.2 Å². The van der Waals surface area contributed by atoms with Crippen LogP contribution in [-0.2, 0) is 13.0 Å². The van der Waals surface area contributed by atoms with Crippen molar-refractivity contribution in [2.75, 3.05) is 27.4 Å². The smallest absolute Gasteiger partial charge is 0.251 e. The Labute approximate surface area is 159 Å². The number of hydrogen-bond donors (Lipinski definition) is 2. The minimum absolute atomic E-state index is 0.0123. The van der Waals surface area contributed by atoms with E-state index in [2.05, 4.69) is 17.6 Å². The van der Waals surface area contributed by atoms with Crippen LogP contribution in [0.15, 0.2) is 36.4 Å². The van der Waals surface area contributed by atoms with Crippen LogP contribution in [0.1, 0.15) is 28.4 Å². The number of carbonyl (C=O) groups is 1. The fourth-order valence-corrected chi connectivity index (χ4v) is 3.08. The molecule has 1 heterocycles. The van der Waals surface area contributed by atoms with Crippen molar-refractivity contribution in [3.63, 3.8) is 0 Å². The molecule has 1 aliphatic rings. The van der Waals surface area contributed by atoms with Crippen molar-refractivity contribution in [3.05, 3.63) is 53.1 Å². The molecule has 0 saturated carbocycles. The SMILES string of the molecule is COc1ccc(CCNC(C)COc2ccc3c(c2)CNC3=O)cc1OC.